The van der Waals surface area contributed by atoms with E-state index in [1.807, 2.05) is 18.3 Å². The third-order valence-electron chi connectivity index (χ3n) is 5.76. The molecule has 1 aromatic heterocycles. The van der Waals surface area contributed by atoms with Gasteiger partial charge < -0.3 is 14.4 Å². The lowest BCUT2D eigenvalue weighted by Gasteiger charge is -2.27. The highest BCUT2D eigenvalue weighted by molar-refractivity contribution is 5.41. The second kappa shape index (κ2) is 8.84. The van der Waals surface area contributed by atoms with E-state index in [-0.39, 0.29) is 5.41 Å². The van der Waals surface area contributed by atoms with E-state index < -0.39 is 0 Å². The van der Waals surface area contributed by atoms with Crippen molar-refractivity contribution in [3.63, 3.8) is 0 Å². The number of aryl methyl sites for hydroxylation is 1. The Balaban J connectivity index is 1.37. The molecular weight excluding hydrogens is 374 g/mol. The topological polar surface area (TPSA) is 47.5 Å². The van der Waals surface area contributed by atoms with E-state index in [9.17, 15) is 0 Å². The Morgan fingerprint density at radius 1 is 0.900 bits per heavy atom. The van der Waals surface area contributed by atoms with E-state index >= 15 is 0 Å². The minimum Gasteiger partial charge on any atom is -0.487 e. The molecule has 0 spiro atoms. The van der Waals surface area contributed by atoms with Crippen LogP contribution in [-0.4, -0.2) is 36.3 Å². The number of rotatable bonds is 6. The van der Waals surface area contributed by atoms with Gasteiger partial charge in [0, 0.05) is 18.5 Å². The summed E-state index contributed by atoms with van der Waals surface area (Å²) in [6, 6.07) is 17.1. The summed E-state index contributed by atoms with van der Waals surface area (Å²) in [4.78, 5) is 11.2. The first-order valence-electron chi connectivity index (χ1n) is 10.5. The number of hydrogen-bond donors (Lipinski definition) is 0. The first kappa shape index (κ1) is 20.4. The Morgan fingerprint density at radius 3 is 2.13 bits per heavy atom. The fraction of sp³-hybridized carbons (Fsp3) is 0.360. The van der Waals surface area contributed by atoms with Crippen molar-refractivity contribution in [2.24, 2.45) is 0 Å². The van der Waals surface area contributed by atoms with Gasteiger partial charge in [0.15, 0.2) is 0 Å². The maximum absolute atomic E-state index is 5.93. The molecule has 1 aliphatic heterocycles. The molecule has 0 unspecified atom stereocenters. The molecule has 2 aromatic carbocycles. The molecule has 0 bridgehead atoms. The Hall–Kier alpha value is -2.92. The van der Waals surface area contributed by atoms with Gasteiger partial charge in [-0.25, -0.2) is 4.98 Å². The van der Waals surface area contributed by atoms with Crippen LogP contribution < -0.4 is 9.64 Å². The van der Waals surface area contributed by atoms with Crippen LogP contribution in [0.4, 0.5) is 5.82 Å². The van der Waals surface area contributed by atoms with Crippen LogP contribution in [0.3, 0.4) is 0 Å². The molecule has 5 heteroatoms. The van der Waals surface area contributed by atoms with Crippen LogP contribution >= 0.6 is 0 Å². The lowest BCUT2D eigenvalue weighted by atomic mass is 9.78. The van der Waals surface area contributed by atoms with Crippen molar-refractivity contribution in [2.45, 2.75) is 32.8 Å². The summed E-state index contributed by atoms with van der Waals surface area (Å²) in [5.41, 5.74) is 4.59. The van der Waals surface area contributed by atoms with Crippen molar-refractivity contribution in [1.29, 1.82) is 0 Å². The van der Waals surface area contributed by atoms with Gasteiger partial charge in [0.25, 0.3) is 0 Å². The van der Waals surface area contributed by atoms with E-state index in [4.69, 9.17) is 9.47 Å². The average Bonchev–Trinajstić information content (AvgIpc) is 2.79. The Morgan fingerprint density at radius 2 is 1.53 bits per heavy atom. The zero-order valence-corrected chi connectivity index (χ0v) is 18.0. The number of anilines is 1. The SMILES string of the molecule is Cc1ccc(C(C)(C)c2ccc(OCc3cnc(N4CCOCC4)cn3)cc2)cc1. The molecule has 0 N–H and O–H groups in total. The summed E-state index contributed by atoms with van der Waals surface area (Å²) in [6.45, 7) is 10.2. The molecule has 3 aromatic rings. The molecule has 30 heavy (non-hydrogen) atoms. The number of morpholine rings is 1. The summed E-state index contributed by atoms with van der Waals surface area (Å²) in [5.74, 6) is 1.72. The summed E-state index contributed by atoms with van der Waals surface area (Å²) in [5, 5.41) is 0. The second-order valence-electron chi connectivity index (χ2n) is 8.27. The van der Waals surface area contributed by atoms with E-state index in [0.29, 0.717) is 6.61 Å². The monoisotopic (exact) mass is 403 g/mol. The van der Waals surface area contributed by atoms with Crippen LogP contribution in [0.5, 0.6) is 5.75 Å². The van der Waals surface area contributed by atoms with Gasteiger partial charge in [-0.2, -0.15) is 0 Å². The first-order chi connectivity index (χ1) is 14.5. The van der Waals surface area contributed by atoms with Crippen LogP contribution in [0.2, 0.25) is 0 Å². The molecule has 0 amide bonds. The smallest absolute Gasteiger partial charge is 0.147 e. The van der Waals surface area contributed by atoms with Crippen LogP contribution in [0.25, 0.3) is 0 Å². The van der Waals surface area contributed by atoms with Gasteiger partial charge in [-0.05, 0) is 30.2 Å². The van der Waals surface area contributed by atoms with Crippen molar-refractivity contribution in [1.82, 2.24) is 9.97 Å². The number of benzene rings is 2. The van der Waals surface area contributed by atoms with Gasteiger partial charge in [-0.1, -0.05) is 55.8 Å². The van der Waals surface area contributed by atoms with Crippen molar-refractivity contribution in [3.05, 3.63) is 83.3 Å². The molecule has 1 saturated heterocycles. The zero-order chi connectivity index (χ0) is 21.0. The molecule has 1 fully saturated rings. The van der Waals surface area contributed by atoms with Crippen molar-refractivity contribution < 1.29 is 9.47 Å². The predicted molar refractivity (Wildman–Crippen MR) is 119 cm³/mol. The molecule has 0 aliphatic carbocycles. The Kier molecular flexibility index (Phi) is 6.00. The minimum atomic E-state index is -0.0625. The van der Waals surface area contributed by atoms with E-state index in [1.165, 1.54) is 16.7 Å². The highest BCUT2D eigenvalue weighted by Gasteiger charge is 2.22. The lowest BCUT2D eigenvalue weighted by Crippen LogP contribution is -2.36. The van der Waals surface area contributed by atoms with E-state index in [1.54, 1.807) is 6.20 Å². The normalized spacial score (nSPS) is 14.6. The number of aromatic nitrogens is 2. The van der Waals surface area contributed by atoms with Gasteiger partial charge in [0.2, 0.25) is 0 Å². The van der Waals surface area contributed by atoms with Gasteiger partial charge in [-0.3, -0.25) is 4.98 Å². The third kappa shape index (κ3) is 4.62. The fourth-order valence-corrected chi connectivity index (χ4v) is 3.64. The van der Waals surface area contributed by atoms with Crippen LogP contribution in [0.1, 0.15) is 36.2 Å². The molecule has 4 rings (SSSR count). The summed E-state index contributed by atoms with van der Waals surface area (Å²) >= 11 is 0. The van der Waals surface area contributed by atoms with Gasteiger partial charge in [0.05, 0.1) is 31.3 Å². The van der Waals surface area contributed by atoms with Crippen molar-refractivity contribution in [2.75, 3.05) is 31.2 Å². The third-order valence-corrected chi connectivity index (χ3v) is 5.76. The van der Waals surface area contributed by atoms with Gasteiger partial charge in [-0.15, -0.1) is 0 Å². The molecular formula is C25H29N3O2. The predicted octanol–water partition coefficient (Wildman–Crippen LogP) is 4.53. The zero-order valence-electron chi connectivity index (χ0n) is 18.0. The minimum absolute atomic E-state index is 0.0625. The standard InChI is InChI=1S/C25H29N3O2/c1-19-4-6-20(7-5-19)25(2,3)21-8-10-23(11-9-21)30-18-22-16-27-24(17-26-22)28-12-14-29-15-13-28/h4-11,16-17H,12-15,18H2,1-3H3. The Bertz CT molecular complexity index is 945. The summed E-state index contributed by atoms with van der Waals surface area (Å²) in [7, 11) is 0. The van der Waals surface area contributed by atoms with Crippen LogP contribution in [0, 0.1) is 6.92 Å². The first-order valence-corrected chi connectivity index (χ1v) is 10.5. The molecule has 5 nitrogen and oxygen atoms in total. The highest BCUT2D eigenvalue weighted by Crippen LogP contribution is 2.32. The molecule has 2 heterocycles. The molecule has 0 atom stereocenters. The molecule has 1 aliphatic rings. The maximum atomic E-state index is 5.93. The number of hydrogen-bond acceptors (Lipinski definition) is 5. The quantitative estimate of drug-likeness (QED) is 0.605. The second-order valence-corrected chi connectivity index (χ2v) is 8.27. The van der Waals surface area contributed by atoms with E-state index in [0.717, 1.165) is 43.6 Å². The highest BCUT2D eigenvalue weighted by atomic mass is 16.5. The largest absolute Gasteiger partial charge is 0.487 e. The summed E-state index contributed by atoms with van der Waals surface area (Å²) < 4.78 is 11.3. The fourth-order valence-electron chi connectivity index (χ4n) is 3.64. The maximum Gasteiger partial charge on any atom is 0.147 e. The van der Waals surface area contributed by atoms with E-state index in [2.05, 4.69) is 72.0 Å². The van der Waals surface area contributed by atoms with Gasteiger partial charge in [0.1, 0.15) is 18.2 Å². The lowest BCUT2D eigenvalue weighted by molar-refractivity contribution is 0.122. The number of nitrogens with zero attached hydrogens (tertiary/aromatic N) is 3. The van der Waals surface area contributed by atoms with Gasteiger partial charge >= 0.3 is 0 Å². The average molecular weight is 404 g/mol. The van der Waals surface area contributed by atoms with Crippen molar-refractivity contribution in [3.8, 4) is 5.75 Å². The molecule has 0 radical (unpaired) electrons. The summed E-state index contributed by atoms with van der Waals surface area (Å²) in [6.07, 6.45) is 3.61. The molecule has 156 valence electrons. The van der Waals surface area contributed by atoms with Crippen LogP contribution in [-0.2, 0) is 16.8 Å². The molecule has 0 saturated carbocycles. The van der Waals surface area contributed by atoms with Crippen molar-refractivity contribution >= 4 is 5.82 Å². The Labute approximate surface area is 178 Å². The van der Waals surface area contributed by atoms with Crippen LogP contribution in [0.15, 0.2) is 60.9 Å². The number of ether oxygens (including phenoxy) is 2.